The van der Waals surface area contributed by atoms with Crippen LogP contribution in [0.1, 0.15) is 37.6 Å². The smallest absolute Gasteiger partial charge is 0.410 e. The molecular formula is C23H33ClN4O6S. The number of hydrogen-bond donors (Lipinski definition) is 0. The Balaban J connectivity index is 1.88. The minimum Gasteiger partial charge on any atom is -0.444 e. The summed E-state index contributed by atoms with van der Waals surface area (Å²) in [5.74, 6) is -0.0939. The lowest BCUT2D eigenvalue weighted by atomic mass is 9.94. The van der Waals surface area contributed by atoms with E-state index in [-0.39, 0.29) is 29.7 Å². The van der Waals surface area contributed by atoms with Gasteiger partial charge < -0.3 is 14.4 Å². The molecule has 0 radical (unpaired) electrons. The van der Waals surface area contributed by atoms with Gasteiger partial charge in [0.1, 0.15) is 34.9 Å². The quantitative estimate of drug-likeness (QED) is 0.211. The number of carbonyl (C=O) groups excluding carboxylic acids is 2. The molecule has 1 saturated heterocycles. The van der Waals surface area contributed by atoms with Gasteiger partial charge in [0.15, 0.2) is 5.78 Å². The lowest BCUT2D eigenvalue weighted by Gasteiger charge is -2.24. The number of nitrogens with zero attached hydrogens (tertiary/aromatic N) is 4. The van der Waals surface area contributed by atoms with E-state index >= 15 is 0 Å². The third-order valence-electron chi connectivity index (χ3n) is 5.57. The van der Waals surface area contributed by atoms with Crippen molar-refractivity contribution >= 4 is 50.2 Å². The minimum absolute atomic E-state index is 0.0455. The Morgan fingerprint density at radius 3 is 2.60 bits per heavy atom. The Kier molecular flexibility index (Phi) is 8.02. The number of fused-ring (bicyclic) bond motifs is 1. The van der Waals surface area contributed by atoms with Crippen molar-refractivity contribution in [3.8, 4) is 0 Å². The number of ether oxygens (including phenoxy) is 2. The van der Waals surface area contributed by atoms with Crippen LogP contribution in [0.2, 0.25) is 5.15 Å². The molecule has 1 aliphatic heterocycles. The van der Waals surface area contributed by atoms with E-state index in [0.717, 1.165) is 11.9 Å². The lowest BCUT2D eigenvalue weighted by Crippen LogP contribution is -2.35. The largest absolute Gasteiger partial charge is 0.444 e. The van der Waals surface area contributed by atoms with Crippen molar-refractivity contribution in [1.29, 1.82) is 0 Å². The maximum atomic E-state index is 13.5. The van der Waals surface area contributed by atoms with Crippen molar-refractivity contribution in [1.82, 2.24) is 14.5 Å². The number of Topliss-reactive ketones (excluding diaryl/α,β-unsaturated/α-hetero) is 1. The number of carbonyl (C=O) groups is 2. The summed E-state index contributed by atoms with van der Waals surface area (Å²) in [6.45, 7) is 6.41. The fraction of sp³-hybridized carbons (Fsp3) is 0.609. The van der Waals surface area contributed by atoms with Crippen LogP contribution in [0.25, 0.3) is 11.0 Å². The maximum Gasteiger partial charge on any atom is 0.410 e. The van der Waals surface area contributed by atoms with Gasteiger partial charge in [0.05, 0.1) is 11.5 Å². The fourth-order valence-corrected chi connectivity index (χ4v) is 4.67. The highest BCUT2D eigenvalue weighted by Gasteiger charge is 2.37. The molecule has 35 heavy (non-hydrogen) atoms. The molecule has 1 fully saturated rings. The topological polar surface area (TPSA) is 117 Å². The number of amides is 1. The molecular weight excluding hydrogens is 496 g/mol. The zero-order chi connectivity index (χ0) is 26.1. The molecule has 0 bridgehead atoms. The first kappa shape index (κ1) is 27.2. The number of likely N-dealkylation sites (tertiary alicyclic amines) is 1. The monoisotopic (exact) mass is 528 g/mol. The van der Waals surface area contributed by atoms with E-state index in [4.69, 9.17) is 21.1 Å². The van der Waals surface area contributed by atoms with Crippen molar-refractivity contribution in [2.75, 3.05) is 44.2 Å². The third-order valence-corrected chi connectivity index (χ3v) is 7.27. The Morgan fingerprint density at radius 1 is 1.31 bits per heavy atom. The van der Waals surface area contributed by atoms with Crippen LogP contribution >= 0.6 is 21.6 Å². The summed E-state index contributed by atoms with van der Waals surface area (Å²) < 4.78 is 12.8. The first-order valence-corrected chi connectivity index (χ1v) is 14.7. The molecule has 0 aliphatic carbocycles. The number of rotatable bonds is 8. The molecule has 1 unspecified atom stereocenters. The second kappa shape index (κ2) is 10.3. The standard InChI is InChI=1S/C23H33ClN4O6S/c1-23(2,3)34-22(30)26-8-7-15(13-26)20(29)19-16-11-18(24)27(14-33-9-10-35(4,5)6)21(16)25-12-17(19)28(31)32/h11-12,15H,7-10,13-14H2,1-6H3. The molecule has 1 aliphatic rings. The molecule has 0 spiro atoms. The zero-order valence-corrected chi connectivity index (χ0v) is 22.6. The number of halogens is 1. The van der Waals surface area contributed by atoms with Crippen LogP contribution in [0.3, 0.4) is 0 Å². The van der Waals surface area contributed by atoms with Crippen molar-refractivity contribution in [2.45, 2.75) is 39.5 Å². The molecule has 1 atom stereocenters. The minimum atomic E-state index is -0.721. The fourth-order valence-electron chi connectivity index (χ4n) is 3.81. The predicted molar refractivity (Wildman–Crippen MR) is 138 cm³/mol. The molecule has 0 aromatic carbocycles. The van der Waals surface area contributed by atoms with Gasteiger partial charge in [-0.1, -0.05) is 11.6 Å². The summed E-state index contributed by atoms with van der Waals surface area (Å²) in [6.07, 6.45) is 7.54. The highest BCUT2D eigenvalue weighted by atomic mass is 35.5. The first-order valence-electron chi connectivity index (χ1n) is 11.3. The second-order valence-corrected chi connectivity index (χ2v) is 15.5. The van der Waals surface area contributed by atoms with Gasteiger partial charge in [-0.05, 0) is 52.0 Å². The van der Waals surface area contributed by atoms with Crippen LogP contribution in [0, 0.1) is 16.0 Å². The van der Waals surface area contributed by atoms with E-state index in [2.05, 4.69) is 23.8 Å². The summed E-state index contributed by atoms with van der Waals surface area (Å²) in [6, 6.07) is 1.52. The molecule has 2 aromatic heterocycles. The van der Waals surface area contributed by atoms with Gasteiger partial charge >= 0.3 is 6.09 Å². The number of hydrogen-bond acceptors (Lipinski definition) is 7. The van der Waals surface area contributed by atoms with Crippen LogP contribution in [-0.4, -0.2) is 81.1 Å². The summed E-state index contributed by atoms with van der Waals surface area (Å²) in [5.41, 5.74) is -0.750. The number of aromatic nitrogens is 2. The lowest BCUT2D eigenvalue weighted by molar-refractivity contribution is -0.385. The Labute approximate surface area is 211 Å². The zero-order valence-electron chi connectivity index (χ0n) is 21.0. The van der Waals surface area contributed by atoms with Crippen LogP contribution in [0.15, 0.2) is 12.3 Å². The van der Waals surface area contributed by atoms with E-state index in [1.54, 1.807) is 25.3 Å². The average Bonchev–Trinajstić information content (AvgIpc) is 3.33. The van der Waals surface area contributed by atoms with Crippen LogP contribution in [0.5, 0.6) is 0 Å². The van der Waals surface area contributed by atoms with E-state index < -0.39 is 38.3 Å². The average molecular weight is 529 g/mol. The molecule has 12 heteroatoms. The number of nitro groups is 1. The summed E-state index contributed by atoms with van der Waals surface area (Å²) in [7, 11) is -0.721. The maximum absolute atomic E-state index is 13.5. The van der Waals surface area contributed by atoms with Gasteiger partial charge in [-0.15, -0.1) is 0 Å². The predicted octanol–water partition coefficient (Wildman–Crippen LogP) is 4.71. The molecule has 3 heterocycles. The Morgan fingerprint density at radius 2 is 2.00 bits per heavy atom. The molecule has 10 nitrogen and oxygen atoms in total. The van der Waals surface area contributed by atoms with E-state index in [1.807, 2.05) is 0 Å². The highest BCUT2D eigenvalue weighted by Crippen LogP contribution is 2.35. The molecule has 0 saturated carbocycles. The van der Waals surface area contributed by atoms with Crippen molar-refractivity contribution < 1.29 is 24.0 Å². The van der Waals surface area contributed by atoms with E-state index in [1.165, 1.54) is 11.0 Å². The molecule has 1 amide bonds. The van der Waals surface area contributed by atoms with Crippen molar-refractivity contribution in [2.24, 2.45) is 5.92 Å². The first-order chi connectivity index (χ1) is 16.2. The van der Waals surface area contributed by atoms with Gasteiger partial charge in [0, 0.05) is 30.1 Å². The highest BCUT2D eigenvalue weighted by molar-refractivity contribution is 8.32. The second-order valence-electron chi connectivity index (χ2n) is 10.5. The molecule has 0 N–H and O–H groups in total. The molecule has 2 aromatic rings. The van der Waals surface area contributed by atoms with Gasteiger partial charge in [0.2, 0.25) is 0 Å². The normalized spacial score (nSPS) is 17.1. The Bertz CT molecular complexity index is 1140. The molecule has 194 valence electrons. The van der Waals surface area contributed by atoms with E-state index in [0.29, 0.717) is 30.6 Å². The van der Waals surface area contributed by atoms with Crippen molar-refractivity contribution in [3.05, 3.63) is 33.1 Å². The van der Waals surface area contributed by atoms with Gasteiger partial charge in [-0.2, -0.15) is 0 Å². The summed E-state index contributed by atoms with van der Waals surface area (Å²) in [5, 5.41) is 12.3. The number of ketones is 1. The number of pyridine rings is 1. The summed E-state index contributed by atoms with van der Waals surface area (Å²) >= 11 is 6.43. The van der Waals surface area contributed by atoms with Crippen LogP contribution in [-0.2, 0) is 16.2 Å². The van der Waals surface area contributed by atoms with Crippen LogP contribution < -0.4 is 0 Å². The third kappa shape index (κ3) is 6.65. The molecule has 3 rings (SSSR count). The van der Waals surface area contributed by atoms with Gasteiger partial charge in [0.25, 0.3) is 5.69 Å². The summed E-state index contributed by atoms with van der Waals surface area (Å²) in [4.78, 5) is 42.8. The van der Waals surface area contributed by atoms with Crippen molar-refractivity contribution in [3.63, 3.8) is 0 Å². The van der Waals surface area contributed by atoms with Crippen LogP contribution in [0.4, 0.5) is 10.5 Å². The van der Waals surface area contributed by atoms with Gasteiger partial charge in [-0.25, -0.2) is 19.8 Å². The Hall–Kier alpha value is -2.37. The van der Waals surface area contributed by atoms with E-state index in [9.17, 15) is 19.7 Å². The van der Waals surface area contributed by atoms with Gasteiger partial charge in [-0.3, -0.25) is 19.5 Å². The SMILES string of the molecule is CC(C)(C)OC(=O)N1CCC(C(=O)c2c([N+](=O)[O-])cnc3c2cc(Cl)n3COCCS(C)(C)C)C1.